The summed E-state index contributed by atoms with van der Waals surface area (Å²) in [7, 11) is 0. The van der Waals surface area contributed by atoms with Gasteiger partial charge >= 0.3 is 5.97 Å². The third kappa shape index (κ3) is 9.72. The van der Waals surface area contributed by atoms with Crippen molar-refractivity contribution < 1.29 is 34.2 Å². The molecule has 12 heteroatoms. The average molecular weight is 658 g/mol. The second-order valence-corrected chi connectivity index (χ2v) is 12.2. The molecule has 12 nitrogen and oxygen atoms in total. The number of phenols is 1. The minimum absolute atomic E-state index is 0.0364. The molecule has 5 unspecified atom stereocenters. The molecule has 1 heterocycles. The van der Waals surface area contributed by atoms with Crippen LogP contribution in [0, 0.1) is 0 Å². The van der Waals surface area contributed by atoms with Crippen LogP contribution in [0.5, 0.6) is 5.75 Å². The number of nitrogens with zero attached hydrogens (tertiary/aromatic N) is 1. The maximum atomic E-state index is 14.1. The van der Waals surface area contributed by atoms with E-state index < -0.39 is 53.9 Å². The van der Waals surface area contributed by atoms with Crippen LogP contribution >= 0.6 is 0 Å². The third-order valence-corrected chi connectivity index (χ3v) is 8.60. The fourth-order valence-electron chi connectivity index (χ4n) is 5.78. The van der Waals surface area contributed by atoms with E-state index in [1.54, 1.807) is 36.4 Å². The van der Waals surface area contributed by atoms with Gasteiger partial charge in [0.25, 0.3) is 0 Å². The number of hydrogen-bond acceptors (Lipinski definition) is 8. The predicted octanol–water partition coefficient (Wildman–Crippen LogP) is 1.60. The number of aromatic hydroxyl groups is 1. The molecule has 3 aromatic rings. The number of rotatable bonds is 15. The first-order chi connectivity index (χ1) is 22.9. The maximum absolute atomic E-state index is 14.1. The maximum Gasteiger partial charge on any atom is 0.326 e. The number of carboxylic acid groups (broad SMARTS) is 1. The topological polar surface area (TPSA) is 205 Å². The van der Waals surface area contributed by atoms with Crippen molar-refractivity contribution in [2.24, 2.45) is 11.5 Å². The Balaban J connectivity index is 1.55. The zero-order chi connectivity index (χ0) is 34.8. The molecule has 4 rings (SSSR count). The summed E-state index contributed by atoms with van der Waals surface area (Å²) in [6, 6.07) is 17.7. The highest BCUT2D eigenvalue weighted by molar-refractivity contribution is 5.94. The highest BCUT2D eigenvalue weighted by Gasteiger charge is 2.38. The molecule has 0 aliphatic carbocycles. The van der Waals surface area contributed by atoms with Crippen LogP contribution in [0.25, 0.3) is 0 Å². The van der Waals surface area contributed by atoms with E-state index in [0.717, 1.165) is 22.3 Å². The quantitative estimate of drug-likeness (QED) is 0.140. The van der Waals surface area contributed by atoms with Crippen LogP contribution in [0.2, 0.25) is 0 Å². The summed E-state index contributed by atoms with van der Waals surface area (Å²) >= 11 is 0. The molecule has 0 saturated heterocycles. The number of ketones is 1. The molecule has 254 valence electrons. The van der Waals surface area contributed by atoms with Gasteiger partial charge in [0.2, 0.25) is 17.7 Å². The van der Waals surface area contributed by atoms with Crippen LogP contribution in [0.15, 0.2) is 78.9 Å². The van der Waals surface area contributed by atoms with Gasteiger partial charge in [-0.3, -0.25) is 19.2 Å². The first-order valence-corrected chi connectivity index (χ1v) is 16.0. The fraction of sp³-hybridized carbons (Fsp3) is 0.361. The molecule has 1 aliphatic rings. The predicted molar refractivity (Wildman–Crippen MR) is 178 cm³/mol. The fourth-order valence-corrected chi connectivity index (χ4v) is 5.78. The summed E-state index contributed by atoms with van der Waals surface area (Å²) in [6.07, 6.45) is 1.02. The summed E-state index contributed by atoms with van der Waals surface area (Å²) < 4.78 is 0. The van der Waals surface area contributed by atoms with E-state index in [0.29, 0.717) is 0 Å². The Hall–Kier alpha value is -5.07. The van der Waals surface area contributed by atoms with Crippen molar-refractivity contribution in [2.75, 3.05) is 0 Å². The van der Waals surface area contributed by atoms with E-state index in [4.69, 9.17) is 11.5 Å². The van der Waals surface area contributed by atoms with Crippen molar-refractivity contribution >= 4 is 29.5 Å². The molecule has 0 aromatic heterocycles. The third-order valence-electron chi connectivity index (χ3n) is 8.60. The van der Waals surface area contributed by atoms with Gasteiger partial charge in [0.15, 0.2) is 0 Å². The molecular formula is C36H43N5O7. The summed E-state index contributed by atoms with van der Waals surface area (Å²) in [5.74, 6) is -3.11. The zero-order valence-electron chi connectivity index (χ0n) is 26.9. The molecular weight excluding hydrogens is 614 g/mol. The summed E-state index contributed by atoms with van der Waals surface area (Å²) in [4.78, 5) is 66.5. The number of phenolic OH excluding ortho intramolecular Hbond substituents is 1. The number of amides is 3. The Labute approximate surface area is 279 Å². The van der Waals surface area contributed by atoms with Crippen molar-refractivity contribution in [1.82, 2.24) is 15.5 Å². The van der Waals surface area contributed by atoms with E-state index in [1.165, 1.54) is 24.0 Å². The van der Waals surface area contributed by atoms with Gasteiger partial charge < -0.3 is 37.2 Å². The lowest BCUT2D eigenvalue weighted by Gasteiger charge is -2.38. The van der Waals surface area contributed by atoms with Gasteiger partial charge in [-0.15, -0.1) is 0 Å². The Morgan fingerprint density at radius 1 is 0.792 bits per heavy atom. The number of aliphatic carboxylic acids is 1. The molecule has 5 atom stereocenters. The zero-order valence-corrected chi connectivity index (χ0v) is 26.9. The number of carbonyl (C=O) groups excluding carboxylic acids is 4. The van der Waals surface area contributed by atoms with Gasteiger partial charge in [0.1, 0.15) is 29.7 Å². The SMILES string of the molecule is CC(=O)C(N)CCCC(NC(=O)C(Cc1ccccc1)NC(=O)C1Cc2ccccc2CN1C(=O)C(N)Cc1ccc(O)cc1)C(=O)O. The van der Waals surface area contributed by atoms with Crippen LogP contribution in [0.3, 0.4) is 0 Å². The van der Waals surface area contributed by atoms with Gasteiger partial charge in [-0.2, -0.15) is 0 Å². The number of benzene rings is 3. The average Bonchev–Trinajstić information content (AvgIpc) is 3.07. The van der Waals surface area contributed by atoms with Gasteiger partial charge in [0, 0.05) is 19.4 Å². The number of Topliss-reactive ketones (excluding diaryl/α,β-unsaturated/α-hetero) is 1. The van der Waals surface area contributed by atoms with E-state index in [2.05, 4.69) is 10.6 Å². The highest BCUT2D eigenvalue weighted by atomic mass is 16.4. The number of carbonyl (C=O) groups is 5. The Morgan fingerprint density at radius 2 is 1.42 bits per heavy atom. The van der Waals surface area contributed by atoms with E-state index >= 15 is 0 Å². The molecule has 1 aliphatic heterocycles. The van der Waals surface area contributed by atoms with E-state index in [1.807, 2.05) is 30.3 Å². The summed E-state index contributed by atoms with van der Waals surface area (Å²) in [5.41, 5.74) is 15.4. The first kappa shape index (κ1) is 35.8. The molecule has 3 amide bonds. The van der Waals surface area contributed by atoms with Crippen LogP contribution < -0.4 is 22.1 Å². The van der Waals surface area contributed by atoms with Gasteiger partial charge in [0.05, 0.1) is 12.1 Å². The Bertz CT molecular complexity index is 1600. The lowest BCUT2D eigenvalue weighted by Crippen LogP contribution is -2.60. The molecule has 0 fully saturated rings. The minimum atomic E-state index is -1.27. The molecule has 3 aromatic carbocycles. The van der Waals surface area contributed by atoms with Crippen molar-refractivity contribution in [3.05, 3.63) is 101 Å². The van der Waals surface area contributed by atoms with E-state index in [9.17, 15) is 34.2 Å². The molecule has 0 radical (unpaired) electrons. The minimum Gasteiger partial charge on any atom is -0.508 e. The van der Waals surface area contributed by atoms with Crippen molar-refractivity contribution in [2.45, 2.75) is 82.2 Å². The molecule has 8 N–H and O–H groups in total. The van der Waals surface area contributed by atoms with Gasteiger partial charge in [-0.05, 0) is 67.0 Å². The van der Waals surface area contributed by atoms with Crippen LogP contribution in [0.1, 0.15) is 48.4 Å². The number of nitrogens with one attached hydrogen (secondary N) is 2. The Morgan fingerprint density at radius 3 is 2.06 bits per heavy atom. The number of nitrogens with two attached hydrogens (primary N) is 2. The van der Waals surface area contributed by atoms with Crippen LogP contribution in [-0.4, -0.2) is 74.8 Å². The van der Waals surface area contributed by atoms with Crippen molar-refractivity contribution in [1.29, 1.82) is 0 Å². The molecule has 48 heavy (non-hydrogen) atoms. The monoisotopic (exact) mass is 657 g/mol. The first-order valence-electron chi connectivity index (χ1n) is 16.0. The number of hydrogen-bond donors (Lipinski definition) is 6. The molecule has 0 bridgehead atoms. The highest BCUT2D eigenvalue weighted by Crippen LogP contribution is 2.25. The normalized spacial score (nSPS) is 16.5. The van der Waals surface area contributed by atoms with Crippen LogP contribution in [0.4, 0.5) is 0 Å². The Kier molecular flexibility index (Phi) is 12.4. The van der Waals surface area contributed by atoms with E-state index in [-0.39, 0.29) is 56.6 Å². The summed E-state index contributed by atoms with van der Waals surface area (Å²) in [6.45, 7) is 1.50. The number of fused-ring (bicyclic) bond motifs is 1. The number of carboxylic acids is 1. The van der Waals surface area contributed by atoms with Gasteiger partial charge in [-0.1, -0.05) is 66.7 Å². The lowest BCUT2D eigenvalue weighted by atomic mass is 9.92. The van der Waals surface area contributed by atoms with Crippen LogP contribution in [-0.2, 0) is 49.8 Å². The second kappa shape index (κ2) is 16.7. The standard InChI is InChI=1S/C36H43N5O7/c1-22(42)28(37)12-7-13-30(36(47)48)39-33(44)31(19-23-8-3-2-4-9-23)40-34(45)32-20-25-10-5-6-11-26(25)21-41(32)35(46)29(38)18-24-14-16-27(43)17-15-24/h2-6,8-11,14-17,28-32,43H,7,12-13,18-21,37-38H2,1H3,(H,39,44)(H,40,45)(H,47,48). The summed E-state index contributed by atoms with van der Waals surface area (Å²) in [5, 5.41) is 24.8. The second-order valence-electron chi connectivity index (χ2n) is 12.2. The molecule has 0 spiro atoms. The molecule has 0 saturated carbocycles. The largest absolute Gasteiger partial charge is 0.508 e. The van der Waals surface area contributed by atoms with Crippen molar-refractivity contribution in [3.63, 3.8) is 0 Å². The smallest absolute Gasteiger partial charge is 0.326 e. The lowest BCUT2D eigenvalue weighted by molar-refractivity contribution is -0.144. The van der Waals surface area contributed by atoms with Gasteiger partial charge in [-0.25, -0.2) is 4.79 Å². The van der Waals surface area contributed by atoms with Crippen molar-refractivity contribution in [3.8, 4) is 5.75 Å².